The van der Waals surface area contributed by atoms with Gasteiger partial charge in [-0.1, -0.05) is 0 Å². The van der Waals surface area contributed by atoms with Crippen LogP contribution in [0.5, 0.6) is 5.75 Å². The largest absolute Gasteiger partial charge is 0.506 e. The topological polar surface area (TPSA) is 66.5 Å². The molecule has 0 aliphatic heterocycles. The molecule has 1 atom stereocenters. The van der Waals surface area contributed by atoms with Crippen molar-refractivity contribution in [3.8, 4) is 5.75 Å². The molecule has 0 heterocycles. The van der Waals surface area contributed by atoms with Gasteiger partial charge in [0.25, 0.3) is 5.92 Å². The molecule has 0 fully saturated rings. The highest BCUT2D eigenvalue weighted by Crippen LogP contribution is 2.34. The molecule has 98 valence electrons. The van der Waals surface area contributed by atoms with Crippen LogP contribution in [0.1, 0.15) is 11.6 Å². The first-order valence-electron chi connectivity index (χ1n) is 4.21. The smallest absolute Gasteiger partial charge is 0.289 e. The first-order chi connectivity index (χ1) is 7.29. The van der Waals surface area contributed by atoms with Crippen molar-refractivity contribution in [2.75, 3.05) is 6.61 Å². The third kappa shape index (κ3) is 4.01. The van der Waals surface area contributed by atoms with Crippen LogP contribution in [0.15, 0.2) is 12.1 Å². The highest BCUT2D eigenvalue weighted by atomic mass is 127. The van der Waals surface area contributed by atoms with E-state index in [0.29, 0.717) is 7.14 Å². The van der Waals surface area contributed by atoms with Crippen LogP contribution in [0.2, 0.25) is 0 Å². The molecule has 17 heavy (non-hydrogen) atoms. The van der Waals surface area contributed by atoms with E-state index in [0.717, 1.165) is 0 Å². The lowest BCUT2D eigenvalue weighted by molar-refractivity contribution is -0.0712. The molecular formula is C9H10ClF2I2NO2. The molecule has 0 unspecified atom stereocenters. The fourth-order valence-electron chi connectivity index (χ4n) is 1.11. The molecule has 1 aromatic rings. The number of phenols is 1. The molecule has 1 rings (SSSR count). The zero-order chi connectivity index (χ0) is 12.5. The highest BCUT2D eigenvalue weighted by molar-refractivity contribution is 14.1. The molecule has 0 spiro atoms. The normalized spacial score (nSPS) is 13.1. The Labute approximate surface area is 130 Å². The van der Waals surface area contributed by atoms with Gasteiger partial charge in [-0.05, 0) is 62.9 Å². The van der Waals surface area contributed by atoms with E-state index in [-0.39, 0.29) is 23.7 Å². The summed E-state index contributed by atoms with van der Waals surface area (Å²) in [5.41, 5.74) is 5.56. The van der Waals surface area contributed by atoms with Gasteiger partial charge in [0.2, 0.25) is 0 Å². The minimum absolute atomic E-state index is 0. The van der Waals surface area contributed by atoms with Crippen LogP contribution in [0, 0.1) is 7.14 Å². The van der Waals surface area contributed by atoms with Crippen molar-refractivity contribution < 1.29 is 19.0 Å². The molecule has 8 heteroatoms. The minimum Gasteiger partial charge on any atom is -0.506 e. The van der Waals surface area contributed by atoms with Crippen molar-refractivity contribution in [2.24, 2.45) is 5.73 Å². The van der Waals surface area contributed by atoms with E-state index < -0.39 is 18.6 Å². The molecule has 0 aliphatic rings. The second-order valence-electron chi connectivity index (χ2n) is 3.23. The molecule has 0 aromatic heterocycles. The summed E-state index contributed by atoms with van der Waals surface area (Å²) in [5, 5.41) is 18.0. The van der Waals surface area contributed by atoms with Crippen LogP contribution in [0.4, 0.5) is 8.78 Å². The molecule has 0 aliphatic carbocycles. The van der Waals surface area contributed by atoms with E-state index in [1.165, 1.54) is 12.1 Å². The van der Waals surface area contributed by atoms with E-state index in [2.05, 4.69) is 0 Å². The molecule has 0 radical (unpaired) electrons. The predicted molar refractivity (Wildman–Crippen MR) is 79.8 cm³/mol. The van der Waals surface area contributed by atoms with E-state index in [1.807, 2.05) is 45.2 Å². The third-order valence-corrected chi connectivity index (χ3v) is 3.71. The van der Waals surface area contributed by atoms with E-state index >= 15 is 0 Å². The number of aliphatic hydroxyl groups excluding tert-OH is 1. The Morgan fingerprint density at radius 2 is 1.71 bits per heavy atom. The second kappa shape index (κ2) is 6.64. The van der Waals surface area contributed by atoms with E-state index in [1.54, 1.807) is 0 Å². The van der Waals surface area contributed by atoms with Gasteiger partial charge in [-0.3, -0.25) is 0 Å². The number of aliphatic hydroxyl groups is 1. The number of hydrogen-bond acceptors (Lipinski definition) is 3. The summed E-state index contributed by atoms with van der Waals surface area (Å²) in [5.74, 6) is -3.33. The van der Waals surface area contributed by atoms with Crippen LogP contribution < -0.4 is 5.73 Å². The Bertz CT molecular complexity index is 384. The summed E-state index contributed by atoms with van der Waals surface area (Å²) in [6, 6.07) is 1.18. The number of halogens is 5. The maximum atomic E-state index is 13.2. The Balaban J connectivity index is 0.00000256. The molecule has 4 N–H and O–H groups in total. The Hall–Kier alpha value is 0.550. The van der Waals surface area contributed by atoms with Crippen LogP contribution in [-0.4, -0.2) is 22.7 Å². The lowest BCUT2D eigenvalue weighted by Crippen LogP contribution is -2.36. The van der Waals surface area contributed by atoms with Crippen molar-refractivity contribution in [1.82, 2.24) is 0 Å². The quantitative estimate of drug-likeness (QED) is 0.570. The first-order valence-corrected chi connectivity index (χ1v) is 6.37. The zero-order valence-corrected chi connectivity index (χ0v) is 13.5. The van der Waals surface area contributed by atoms with E-state index in [4.69, 9.17) is 10.8 Å². The molecule has 0 saturated heterocycles. The Morgan fingerprint density at radius 1 is 1.29 bits per heavy atom. The van der Waals surface area contributed by atoms with Crippen molar-refractivity contribution >= 4 is 57.6 Å². The first kappa shape index (κ1) is 17.6. The number of aromatic hydroxyl groups is 1. The molecule has 0 bridgehead atoms. The highest BCUT2D eigenvalue weighted by Gasteiger charge is 2.37. The number of phenolic OH excluding ortho intramolecular Hbond substituents is 1. The van der Waals surface area contributed by atoms with Crippen LogP contribution >= 0.6 is 57.6 Å². The maximum absolute atomic E-state index is 13.2. The maximum Gasteiger partial charge on any atom is 0.289 e. The minimum atomic E-state index is -3.37. The van der Waals surface area contributed by atoms with Crippen LogP contribution in [0.25, 0.3) is 0 Å². The molecule has 1 aromatic carbocycles. The lowest BCUT2D eigenvalue weighted by atomic mass is 10.0. The molecule has 0 saturated carbocycles. The molecular weight excluding hydrogens is 481 g/mol. The molecule has 3 nitrogen and oxygen atoms in total. The second-order valence-corrected chi connectivity index (χ2v) is 5.55. The van der Waals surface area contributed by atoms with Gasteiger partial charge >= 0.3 is 0 Å². The van der Waals surface area contributed by atoms with Gasteiger partial charge in [0.15, 0.2) is 0 Å². The van der Waals surface area contributed by atoms with Crippen molar-refractivity contribution in [3.05, 3.63) is 24.8 Å². The molecule has 0 amide bonds. The fraction of sp³-hybridized carbons (Fsp3) is 0.333. The third-order valence-electron chi connectivity index (χ3n) is 2.06. The summed E-state index contributed by atoms with van der Waals surface area (Å²) in [7, 11) is 0. The Kier molecular flexibility index (Phi) is 6.85. The van der Waals surface area contributed by atoms with Gasteiger partial charge in [-0.2, -0.15) is 0 Å². The number of benzene rings is 1. The lowest BCUT2D eigenvalue weighted by Gasteiger charge is -2.22. The number of hydrogen-bond donors (Lipinski definition) is 3. The van der Waals surface area contributed by atoms with Gasteiger partial charge in [0, 0.05) is 0 Å². The average molecular weight is 491 g/mol. The SMILES string of the molecule is Cl.N[C@@H](c1cc(I)c(O)c(I)c1)C(F)(F)CO. The van der Waals surface area contributed by atoms with Crippen molar-refractivity contribution in [1.29, 1.82) is 0 Å². The summed E-state index contributed by atoms with van der Waals surface area (Å²) < 4.78 is 27.2. The van der Waals surface area contributed by atoms with Crippen molar-refractivity contribution in [2.45, 2.75) is 12.0 Å². The Morgan fingerprint density at radius 3 is 2.06 bits per heavy atom. The van der Waals surface area contributed by atoms with Crippen LogP contribution in [-0.2, 0) is 0 Å². The summed E-state index contributed by atoms with van der Waals surface area (Å²) in [6.07, 6.45) is 0. The predicted octanol–water partition coefficient (Wildman–Crippen LogP) is 2.65. The van der Waals surface area contributed by atoms with Gasteiger partial charge in [0.05, 0.1) is 13.2 Å². The number of rotatable bonds is 3. The monoisotopic (exact) mass is 491 g/mol. The van der Waals surface area contributed by atoms with Gasteiger partial charge < -0.3 is 15.9 Å². The fourth-order valence-corrected chi connectivity index (χ4v) is 2.92. The number of nitrogens with two attached hydrogens (primary N) is 1. The van der Waals surface area contributed by atoms with E-state index in [9.17, 15) is 13.9 Å². The van der Waals surface area contributed by atoms with Gasteiger partial charge in [0.1, 0.15) is 12.4 Å². The van der Waals surface area contributed by atoms with Crippen LogP contribution in [0.3, 0.4) is 0 Å². The summed E-state index contributed by atoms with van der Waals surface area (Å²) in [4.78, 5) is 0. The van der Waals surface area contributed by atoms with Gasteiger partial charge in [-0.25, -0.2) is 8.78 Å². The summed E-state index contributed by atoms with van der Waals surface area (Å²) >= 11 is 3.66. The average Bonchev–Trinajstić information content (AvgIpc) is 2.24. The number of alkyl halides is 2. The standard InChI is InChI=1S/C9H9F2I2NO2.ClH/c10-9(11,3-15)8(14)4-1-5(12)7(16)6(13)2-4;/h1-2,8,15-16H,3,14H2;1H/t8-;/m0./s1. The van der Waals surface area contributed by atoms with Crippen molar-refractivity contribution in [3.63, 3.8) is 0 Å². The zero-order valence-electron chi connectivity index (χ0n) is 8.33. The summed E-state index contributed by atoms with van der Waals surface area (Å²) in [6.45, 7) is -1.30. The van der Waals surface area contributed by atoms with Gasteiger partial charge in [-0.15, -0.1) is 12.4 Å².